The molecule has 2 N–H and O–H groups in total. The van der Waals surface area contributed by atoms with Crippen LogP contribution in [0.4, 0.5) is 11.4 Å². The number of benzene rings is 3. The number of amides is 2. The van der Waals surface area contributed by atoms with E-state index in [9.17, 15) is 9.59 Å². The first-order chi connectivity index (χ1) is 15.4. The maximum atomic E-state index is 12.8. The van der Waals surface area contributed by atoms with Gasteiger partial charge in [-0.2, -0.15) is 0 Å². The van der Waals surface area contributed by atoms with Crippen molar-refractivity contribution in [3.63, 3.8) is 0 Å². The Labute approximate surface area is 189 Å². The molecule has 0 heterocycles. The molecule has 0 spiro atoms. The van der Waals surface area contributed by atoms with Crippen molar-refractivity contribution in [3.05, 3.63) is 89.0 Å². The first-order valence-corrected chi connectivity index (χ1v) is 11.0. The van der Waals surface area contributed by atoms with Crippen molar-refractivity contribution in [2.24, 2.45) is 0 Å². The molecule has 0 aliphatic rings. The molecule has 166 valence electrons. The minimum atomic E-state index is -0.684. The Hall–Kier alpha value is -3.60. The second-order valence-electron chi connectivity index (χ2n) is 7.70. The van der Waals surface area contributed by atoms with E-state index in [-0.39, 0.29) is 11.8 Å². The molecule has 5 nitrogen and oxygen atoms in total. The van der Waals surface area contributed by atoms with Crippen LogP contribution in [-0.2, 0) is 17.6 Å². The van der Waals surface area contributed by atoms with Gasteiger partial charge >= 0.3 is 0 Å². The maximum absolute atomic E-state index is 12.8. The lowest BCUT2D eigenvalue weighted by Gasteiger charge is -2.18. The zero-order valence-corrected chi connectivity index (χ0v) is 19.1. The van der Waals surface area contributed by atoms with Crippen LogP contribution in [0, 0.1) is 6.92 Å². The van der Waals surface area contributed by atoms with Gasteiger partial charge in [-0.25, -0.2) is 0 Å². The van der Waals surface area contributed by atoms with Crippen LogP contribution in [0.1, 0.15) is 47.8 Å². The van der Waals surface area contributed by atoms with Crippen molar-refractivity contribution in [3.8, 4) is 5.75 Å². The van der Waals surface area contributed by atoms with Crippen LogP contribution in [-0.4, -0.2) is 17.9 Å². The van der Waals surface area contributed by atoms with Crippen LogP contribution in [0.15, 0.2) is 66.7 Å². The van der Waals surface area contributed by atoms with Gasteiger partial charge < -0.3 is 15.4 Å². The lowest BCUT2D eigenvalue weighted by atomic mass is 10.0. The van der Waals surface area contributed by atoms with E-state index in [1.165, 1.54) is 0 Å². The molecular formula is C27H30N2O3. The predicted octanol–water partition coefficient (Wildman–Crippen LogP) is 5.78. The Morgan fingerprint density at radius 1 is 0.844 bits per heavy atom. The van der Waals surface area contributed by atoms with Crippen molar-refractivity contribution in [2.75, 3.05) is 10.6 Å². The predicted molar refractivity (Wildman–Crippen MR) is 129 cm³/mol. The van der Waals surface area contributed by atoms with Crippen LogP contribution in [0.5, 0.6) is 5.75 Å². The summed E-state index contributed by atoms with van der Waals surface area (Å²) in [6.45, 7) is 7.80. The molecule has 5 heteroatoms. The van der Waals surface area contributed by atoms with E-state index in [0.717, 1.165) is 40.9 Å². The Balaban J connectivity index is 1.63. The summed E-state index contributed by atoms with van der Waals surface area (Å²) in [5.74, 6) is 0.126. The van der Waals surface area contributed by atoms with E-state index in [1.807, 2.05) is 49.4 Å². The fourth-order valence-corrected chi connectivity index (χ4v) is 3.48. The second-order valence-corrected chi connectivity index (χ2v) is 7.70. The normalized spacial score (nSPS) is 11.5. The van der Waals surface area contributed by atoms with E-state index >= 15 is 0 Å². The molecule has 2 amide bonds. The Morgan fingerprint density at radius 2 is 1.47 bits per heavy atom. The minimum Gasteiger partial charge on any atom is -0.481 e. The lowest BCUT2D eigenvalue weighted by Crippen LogP contribution is -2.31. The Morgan fingerprint density at radius 3 is 2.06 bits per heavy atom. The Kier molecular flexibility index (Phi) is 7.66. The van der Waals surface area contributed by atoms with Gasteiger partial charge in [-0.3, -0.25) is 9.59 Å². The molecular weight excluding hydrogens is 400 g/mol. The van der Waals surface area contributed by atoms with Crippen LogP contribution in [0.3, 0.4) is 0 Å². The third-order valence-electron chi connectivity index (χ3n) is 5.44. The molecule has 3 aromatic carbocycles. The third kappa shape index (κ3) is 5.55. The van der Waals surface area contributed by atoms with Crippen molar-refractivity contribution in [1.29, 1.82) is 0 Å². The van der Waals surface area contributed by atoms with Crippen LogP contribution < -0.4 is 15.4 Å². The highest BCUT2D eigenvalue weighted by Crippen LogP contribution is 2.23. The first-order valence-electron chi connectivity index (χ1n) is 11.0. The number of rotatable bonds is 8. The van der Waals surface area contributed by atoms with E-state index in [2.05, 4.69) is 24.5 Å². The summed E-state index contributed by atoms with van der Waals surface area (Å²) in [4.78, 5) is 25.3. The summed E-state index contributed by atoms with van der Waals surface area (Å²) in [5.41, 5.74) is 5.38. The molecule has 3 rings (SSSR count). The van der Waals surface area contributed by atoms with Gasteiger partial charge in [0.15, 0.2) is 6.10 Å². The minimum absolute atomic E-state index is 0.195. The van der Waals surface area contributed by atoms with Crippen molar-refractivity contribution in [1.82, 2.24) is 0 Å². The molecule has 1 atom stereocenters. The molecule has 0 aliphatic heterocycles. The smallest absolute Gasteiger partial charge is 0.265 e. The molecule has 0 radical (unpaired) electrons. The van der Waals surface area contributed by atoms with Gasteiger partial charge in [-0.05, 0) is 73.7 Å². The van der Waals surface area contributed by atoms with Crippen LogP contribution >= 0.6 is 0 Å². The number of carbonyl (C=O) groups is 2. The molecule has 0 fully saturated rings. The molecule has 0 aliphatic carbocycles. The fraction of sp³-hybridized carbons (Fsp3) is 0.259. The molecule has 0 aromatic heterocycles. The molecule has 0 saturated carbocycles. The summed E-state index contributed by atoms with van der Waals surface area (Å²) in [6.07, 6.45) is 0.992. The Bertz CT molecular complexity index is 1070. The van der Waals surface area contributed by atoms with E-state index in [4.69, 9.17) is 4.74 Å². The van der Waals surface area contributed by atoms with Crippen LogP contribution in [0.25, 0.3) is 0 Å². The SMILES string of the molecule is CCc1cccc(CC)c1NC(=O)C(C)Oc1ccc(C(=O)Nc2ccccc2C)cc1. The van der Waals surface area contributed by atoms with Crippen molar-refractivity contribution >= 4 is 23.2 Å². The summed E-state index contributed by atoms with van der Waals surface area (Å²) < 4.78 is 5.82. The van der Waals surface area contributed by atoms with Gasteiger partial charge in [0.2, 0.25) is 0 Å². The molecule has 32 heavy (non-hydrogen) atoms. The number of para-hydroxylation sites is 2. The lowest BCUT2D eigenvalue weighted by molar-refractivity contribution is -0.122. The molecule has 0 bridgehead atoms. The van der Waals surface area contributed by atoms with E-state index in [0.29, 0.717) is 11.3 Å². The summed E-state index contributed by atoms with van der Waals surface area (Å²) in [5, 5.41) is 5.95. The zero-order chi connectivity index (χ0) is 23.1. The van der Waals surface area contributed by atoms with Gasteiger partial charge in [0.1, 0.15) is 5.75 Å². The van der Waals surface area contributed by atoms with E-state index < -0.39 is 6.10 Å². The highest BCUT2D eigenvalue weighted by Gasteiger charge is 2.18. The molecule has 0 saturated heterocycles. The number of carbonyl (C=O) groups excluding carboxylic acids is 2. The van der Waals surface area contributed by atoms with Gasteiger partial charge in [-0.15, -0.1) is 0 Å². The van der Waals surface area contributed by atoms with Crippen molar-refractivity contribution in [2.45, 2.75) is 46.6 Å². The highest BCUT2D eigenvalue weighted by atomic mass is 16.5. The molecule has 1 unspecified atom stereocenters. The summed E-state index contributed by atoms with van der Waals surface area (Å²) in [7, 11) is 0. The second kappa shape index (κ2) is 10.6. The quantitative estimate of drug-likeness (QED) is 0.476. The summed E-state index contributed by atoms with van der Waals surface area (Å²) in [6, 6.07) is 20.5. The first kappa shape index (κ1) is 23.1. The molecule has 3 aromatic rings. The van der Waals surface area contributed by atoms with E-state index in [1.54, 1.807) is 31.2 Å². The average Bonchev–Trinajstić information content (AvgIpc) is 2.81. The van der Waals surface area contributed by atoms with Gasteiger partial charge in [0.25, 0.3) is 11.8 Å². The number of hydrogen-bond donors (Lipinski definition) is 2. The maximum Gasteiger partial charge on any atom is 0.265 e. The van der Waals surface area contributed by atoms with Crippen LogP contribution in [0.2, 0.25) is 0 Å². The zero-order valence-electron chi connectivity index (χ0n) is 19.1. The average molecular weight is 431 g/mol. The highest BCUT2D eigenvalue weighted by molar-refractivity contribution is 6.04. The number of anilines is 2. The van der Waals surface area contributed by atoms with Crippen molar-refractivity contribution < 1.29 is 14.3 Å². The monoisotopic (exact) mass is 430 g/mol. The fourth-order valence-electron chi connectivity index (χ4n) is 3.48. The largest absolute Gasteiger partial charge is 0.481 e. The van der Waals surface area contributed by atoms with Gasteiger partial charge in [-0.1, -0.05) is 50.2 Å². The number of nitrogens with one attached hydrogen (secondary N) is 2. The van der Waals surface area contributed by atoms with Gasteiger partial charge in [0.05, 0.1) is 0 Å². The number of ether oxygens (including phenoxy) is 1. The summed E-state index contributed by atoms with van der Waals surface area (Å²) >= 11 is 0. The number of aryl methyl sites for hydroxylation is 3. The third-order valence-corrected chi connectivity index (χ3v) is 5.44. The number of hydrogen-bond acceptors (Lipinski definition) is 3. The topological polar surface area (TPSA) is 67.4 Å². The van der Waals surface area contributed by atoms with Gasteiger partial charge in [0, 0.05) is 16.9 Å². The standard InChI is InChI=1S/C27H30N2O3/c1-5-20-11-9-12-21(6-2)25(20)29-26(30)19(4)32-23-16-14-22(15-17-23)27(31)28-24-13-8-7-10-18(24)3/h7-17,19H,5-6H2,1-4H3,(H,28,31)(H,29,30).